The van der Waals surface area contributed by atoms with Crippen LogP contribution in [0, 0.1) is 0 Å². The van der Waals surface area contributed by atoms with E-state index in [1.54, 1.807) is 18.3 Å². The Bertz CT molecular complexity index is 453. The lowest BCUT2D eigenvalue weighted by Gasteiger charge is -1.95. The first-order chi connectivity index (χ1) is 6.79. The van der Waals surface area contributed by atoms with E-state index >= 15 is 0 Å². The van der Waals surface area contributed by atoms with Crippen LogP contribution in [0.4, 0.5) is 0 Å². The molecular formula is C8H6N4OS. The number of carbonyl (C=O) groups excluding carboxylic acids is 1. The van der Waals surface area contributed by atoms with E-state index in [2.05, 4.69) is 13.7 Å². The van der Waals surface area contributed by atoms with Crippen molar-refractivity contribution in [1.82, 2.24) is 13.7 Å². The third kappa shape index (κ3) is 1.47. The first-order valence-electron chi connectivity index (χ1n) is 3.83. The third-order valence-corrected chi connectivity index (χ3v) is 2.16. The molecule has 0 aromatic carbocycles. The highest BCUT2D eigenvalue weighted by molar-refractivity contribution is 6.99. The van der Waals surface area contributed by atoms with Gasteiger partial charge in [0.1, 0.15) is 5.69 Å². The third-order valence-electron chi connectivity index (χ3n) is 1.63. The number of hydrogen-bond acceptors (Lipinski definition) is 5. The smallest absolute Gasteiger partial charge is 0.270 e. The monoisotopic (exact) mass is 206 g/mol. The maximum Gasteiger partial charge on any atom is 0.270 e. The maximum absolute atomic E-state index is 11.0. The molecule has 0 radical (unpaired) electrons. The average Bonchev–Trinajstić information content (AvgIpc) is 2.67. The molecule has 5 nitrogen and oxygen atoms in total. The van der Waals surface area contributed by atoms with E-state index in [0.29, 0.717) is 11.4 Å². The second-order valence-electron chi connectivity index (χ2n) is 2.54. The summed E-state index contributed by atoms with van der Waals surface area (Å²) in [7, 11) is 0. The molecule has 2 aromatic rings. The molecule has 2 N–H and O–H groups in total. The molecule has 0 aliphatic heterocycles. The van der Waals surface area contributed by atoms with E-state index in [1.807, 2.05) is 6.07 Å². The Balaban J connectivity index is 2.52. The molecule has 0 fully saturated rings. The van der Waals surface area contributed by atoms with Gasteiger partial charge < -0.3 is 5.73 Å². The standard InChI is InChI=1S/C8H6N4OS/c9-8(13)7-6(11-14-12-7)5-3-1-2-4-10-5/h1-4H,(H2,9,13). The van der Waals surface area contributed by atoms with Gasteiger partial charge in [-0.05, 0) is 12.1 Å². The average molecular weight is 206 g/mol. The van der Waals surface area contributed by atoms with E-state index in [9.17, 15) is 4.79 Å². The predicted molar refractivity (Wildman–Crippen MR) is 51.7 cm³/mol. The lowest BCUT2D eigenvalue weighted by molar-refractivity contribution is 0.0997. The van der Waals surface area contributed by atoms with Crippen LogP contribution in [0.3, 0.4) is 0 Å². The van der Waals surface area contributed by atoms with Crippen LogP contribution in [0.5, 0.6) is 0 Å². The van der Waals surface area contributed by atoms with Crippen LogP contribution >= 0.6 is 11.7 Å². The number of nitrogens with zero attached hydrogens (tertiary/aromatic N) is 3. The normalized spacial score (nSPS) is 10.0. The molecule has 0 bridgehead atoms. The van der Waals surface area contributed by atoms with Crippen LogP contribution in [-0.2, 0) is 0 Å². The van der Waals surface area contributed by atoms with Gasteiger partial charge in [-0.15, -0.1) is 0 Å². The Kier molecular flexibility index (Phi) is 2.19. The molecule has 0 atom stereocenters. The van der Waals surface area contributed by atoms with Gasteiger partial charge in [-0.25, -0.2) is 0 Å². The topological polar surface area (TPSA) is 81.8 Å². The molecule has 1 amide bonds. The molecule has 0 spiro atoms. The minimum atomic E-state index is -0.584. The van der Waals surface area contributed by atoms with E-state index in [4.69, 9.17) is 5.73 Å². The van der Waals surface area contributed by atoms with Crippen molar-refractivity contribution in [1.29, 1.82) is 0 Å². The fourth-order valence-corrected chi connectivity index (χ4v) is 1.58. The second kappa shape index (κ2) is 3.51. The van der Waals surface area contributed by atoms with Gasteiger partial charge in [-0.2, -0.15) is 8.75 Å². The number of carbonyl (C=O) groups is 1. The molecule has 2 aromatic heterocycles. The van der Waals surface area contributed by atoms with Gasteiger partial charge >= 0.3 is 0 Å². The second-order valence-corrected chi connectivity index (χ2v) is 3.07. The molecule has 0 aliphatic rings. The molecule has 0 unspecified atom stereocenters. The summed E-state index contributed by atoms with van der Waals surface area (Å²) >= 11 is 0.949. The number of nitrogens with two attached hydrogens (primary N) is 1. The Labute approximate surface area is 83.9 Å². The largest absolute Gasteiger partial charge is 0.364 e. The molecule has 2 rings (SSSR count). The first kappa shape index (κ1) is 8.76. The van der Waals surface area contributed by atoms with Crippen molar-refractivity contribution in [2.24, 2.45) is 5.73 Å². The highest BCUT2D eigenvalue weighted by atomic mass is 32.1. The summed E-state index contributed by atoms with van der Waals surface area (Å²) in [5, 5.41) is 0. The minimum Gasteiger partial charge on any atom is -0.364 e. The number of primary amides is 1. The summed E-state index contributed by atoms with van der Waals surface area (Å²) in [6, 6.07) is 5.35. The number of hydrogen-bond donors (Lipinski definition) is 1. The number of rotatable bonds is 2. The van der Waals surface area contributed by atoms with Crippen LogP contribution in [-0.4, -0.2) is 19.6 Å². The molecule has 0 saturated heterocycles. The van der Waals surface area contributed by atoms with E-state index in [1.165, 1.54) is 0 Å². The Morgan fingerprint density at radius 3 is 2.86 bits per heavy atom. The summed E-state index contributed by atoms with van der Waals surface area (Å²) in [5.74, 6) is -0.584. The van der Waals surface area contributed by atoms with Crippen molar-refractivity contribution in [2.45, 2.75) is 0 Å². The number of aromatic nitrogens is 3. The SMILES string of the molecule is NC(=O)c1nsnc1-c1ccccn1. The van der Waals surface area contributed by atoms with Gasteiger partial charge in [-0.1, -0.05) is 6.07 Å². The van der Waals surface area contributed by atoms with Gasteiger partial charge in [-0.3, -0.25) is 9.78 Å². The van der Waals surface area contributed by atoms with E-state index in [0.717, 1.165) is 11.7 Å². The summed E-state index contributed by atoms with van der Waals surface area (Å²) < 4.78 is 7.78. The quantitative estimate of drug-likeness (QED) is 0.784. The molecule has 2 heterocycles. The van der Waals surface area contributed by atoms with Crippen LogP contribution in [0.15, 0.2) is 24.4 Å². The molecular weight excluding hydrogens is 200 g/mol. The van der Waals surface area contributed by atoms with Crippen molar-refractivity contribution in [3.63, 3.8) is 0 Å². The highest BCUT2D eigenvalue weighted by Crippen LogP contribution is 2.18. The number of pyridine rings is 1. The van der Waals surface area contributed by atoms with Crippen LogP contribution in [0.1, 0.15) is 10.5 Å². The summed E-state index contributed by atoms with van der Waals surface area (Å²) in [6.07, 6.45) is 1.62. The minimum absolute atomic E-state index is 0.175. The summed E-state index contributed by atoms with van der Waals surface area (Å²) in [4.78, 5) is 15.0. The van der Waals surface area contributed by atoms with Gasteiger partial charge in [0.25, 0.3) is 5.91 Å². The van der Waals surface area contributed by atoms with Crippen molar-refractivity contribution in [3.8, 4) is 11.4 Å². The van der Waals surface area contributed by atoms with Gasteiger partial charge in [0, 0.05) is 6.20 Å². The summed E-state index contributed by atoms with van der Waals surface area (Å²) in [6.45, 7) is 0. The van der Waals surface area contributed by atoms with E-state index in [-0.39, 0.29) is 5.69 Å². The van der Waals surface area contributed by atoms with Crippen LogP contribution in [0.2, 0.25) is 0 Å². The lowest BCUT2D eigenvalue weighted by atomic mass is 10.2. The maximum atomic E-state index is 11.0. The van der Waals surface area contributed by atoms with E-state index < -0.39 is 5.91 Å². The zero-order valence-corrected chi connectivity index (χ0v) is 7.86. The molecule has 14 heavy (non-hydrogen) atoms. The highest BCUT2D eigenvalue weighted by Gasteiger charge is 2.15. The van der Waals surface area contributed by atoms with Gasteiger partial charge in [0.2, 0.25) is 0 Å². The lowest BCUT2D eigenvalue weighted by Crippen LogP contribution is -2.12. The molecule has 6 heteroatoms. The van der Waals surface area contributed by atoms with Crippen molar-refractivity contribution in [3.05, 3.63) is 30.1 Å². The zero-order chi connectivity index (χ0) is 9.97. The predicted octanol–water partition coefficient (Wildman–Crippen LogP) is 0.699. The molecule has 0 saturated carbocycles. The zero-order valence-electron chi connectivity index (χ0n) is 7.04. The summed E-state index contributed by atoms with van der Waals surface area (Å²) in [5.41, 5.74) is 6.36. The fraction of sp³-hybridized carbons (Fsp3) is 0. The van der Waals surface area contributed by atoms with Gasteiger partial charge in [0.15, 0.2) is 5.69 Å². The van der Waals surface area contributed by atoms with Gasteiger partial charge in [0.05, 0.1) is 17.4 Å². The van der Waals surface area contributed by atoms with Crippen molar-refractivity contribution >= 4 is 17.6 Å². The molecule has 70 valence electrons. The fourth-order valence-electron chi connectivity index (χ4n) is 1.02. The van der Waals surface area contributed by atoms with Crippen molar-refractivity contribution in [2.75, 3.05) is 0 Å². The molecule has 0 aliphatic carbocycles. The Morgan fingerprint density at radius 1 is 1.36 bits per heavy atom. The van der Waals surface area contributed by atoms with Crippen LogP contribution in [0.25, 0.3) is 11.4 Å². The van der Waals surface area contributed by atoms with Crippen LogP contribution < -0.4 is 5.73 Å². The first-order valence-corrected chi connectivity index (χ1v) is 4.56. The Morgan fingerprint density at radius 2 is 2.21 bits per heavy atom. The Hall–Kier alpha value is -1.82. The van der Waals surface area contributed by atoms with Crippen molar-refractivity contribution < 1.29 is 4.79 Å². The number of amides is 1.